The molecule has 20 heavy (non-hydrogen) atoms. The van der Waals surface area contributed by atoms with Gasteiger partial charge in [0.25, 0.3) is 0 Å². The van der Waals surface area contributed by atoms with Crippen LogP contribution in [0.5, 0.6) is 0 Å². The highest BCUT2D eigenvalue weighted by Crippen LogP contribution is 2.19. The van der Waals surface area contributed by atoms with Gasteiger partial charge in [-0.15, -0.1) is 0 Å². The monoisotopic (exact) mass is 383 g/mol. The summed E-state index contributed by atoms with van der Waals surface area (Å²) in [5.74, 6) is 1.16. The molecule has 0 saturated heterocycles. The molecule has 0 fully saturated rings. The second-order valence-electron chi connectivity index (χ2n) is 4.90. The molecule has 2 aromatic rings. The third-order valence-electron chi connectivity index (χ3n) is 3.38. The van der Waals surface area contributed by atoms with Gasteiger partial charge in [-0.2, -0.15) is 0 Å². The van der Waals surface area contributed by atoms with Gasteiger partial charge in [0.1, 0.15) is 5.82 Å². The molecule has 1 N–H and O–H groups in total. The van der Waals surface area contributed by atoms with Crippen LogP contribution in [0.1, 0.15) is 37.7 Å². The van der Waals surface area contributed by atoms with Crippen LogP contribution in [0.3, 0.4) is 0 Å². The fourth-order valence-corrected chi connectivity index (χ4v) is 2.77. The number of rotatable bonds is 7. The standard InChI is InChI=1S/C16H22IN3/c1-3-10-20-11-9-19-16(20)12-15(18-4-2)13-5-7-14(17)8-6-13/h5-9,11,15,18H,3-4,10,12H2,1-2H3. The SMILES string of the molecule is CCCn1ccnc1CC(NCC)c1ccc(I)cc1. The third kappa shape index (κ3) is 4.06. The first kappa shape index (κ1) is 15.5. The van der Waals surface area contributed by atoms with Gasteiger partial charge in [0.15, 0.2) is 0 Å². The summed E-state index contributed by atoms with van der Waals surface area (Å²) in [6, 6.07) is 9.08. The number of aromatic nitrogens is 2. The predicted octanol–water partition coefficient (Wildman–Crippen LogP) is 3.79. The van der Waals surface area contributed by atoms with Crippen LogP contribution >= 0.6 is 22.6 Å². The first-order valence-corrected chi connectivity index (χ1v) is 8.31. The Kier molecular flexibility index (Phi) is 6.04. The van der Waals surface area contributed by atoms with Gasteiger partial charge in [0.05, 0.1) is 0 Å². The first-order chi connectivity index (χ1) is 9.74. The zero-order chi connectivity index (χ0) is 14.4. The van der Waals surface area contributed by atoms with Crippen LogP contribution in [0.2, 0.25) is 0 Å². The minimum Gasteiger partial charge on any atom is -0.335 e. The Balaban J connectivity index is 2.16. The summed E-state index contributed by atoms with van der Waals surface area (Å²) in [6.07, 6.45) is 6.05. The molecule has 0 aliphatic carbocycles. The van der Waals surface area contributed by atoms with E-state index in [1.807, 2.05) is 6.20 Å². The van der Waals surface area contributed by atoms with Crippen LogP contribution < -0.4 is 5.32 Å². The average Bonchev–Trinajstić information content (AvgIpc) is 2.87. The molecule has 0 aliphatic rings. The van der Waals surface area contributed by atoms with E-state index in [0.29, 0.717) is 6.04 Å². The Labute approximate surface area is 134 Å². The van der Waals surface area contributed by atoms with E-state index >= 15 is 0 Å². The van der Waals surface area contributed by atoms with E-state index in [4.69, 9.17) is 0 Å². The number of hydrogen-bond acceptors (Lipinski definition) is 2. The highest BCUT2D eigenvalue weighted by Gasteiger charge is 2.14. The molecule has 0 spiro atoms. The number of nitrogens with zero attached hydrogens (tertiary/aromatic N) is 2. The fourth-order valence-electron chi connectivity index (χ4n) is 2.41. The Bertz CT molecular complexity index is 519. The maximum Gasteiger partial charge on any atom is 0.110 e. The Morgan fingerprint density at radius 1 is 1.25 bits per heavy atom. The number of nitrogens with one attached hydrogen (secondary N) is 1. The van der Waals surface area contributed by atoms with Gasteiger partial charge in [-0.25, -0.2) is 4.98 Å². The van der Waals surface area contributed by atoms with Gasteiger partial charge in [0.2, 0.25) is 0 Å². The molecule has 1 heterocycles. The molecule has 0 bridgehead atoms. The Morgan fingerprint density at radius 2 is 2.00 bits per heavy atom. The van der Waals surface area contributed by atoms with Crippen LogP contribution in [0, 0.1) is 3.57 Å². The molecular weight excluding hydrogens is 361 g/mol. The number of aryl methyl sites for hydroxylation is 1. The van der Waals surface area contributed by atoms with Crippen LogP contribution in [0.4, 0.5) is 0 Å². The smallest absolute Gasteiger partial charge is 0.110 e. The summed E-state index contributed by atoms with van der Waals surface area (Å²) in [7, 11) is 0. The van der Waals surface area contributed by atoms with Crippen LogP contribution in [-0.4, -0.2) is 16.1 Å². The number of hydrogen-bond donors (Lipinski definition) is 1. The number of halogens is 1. The van der Waals surface area contributed by atoms with Crippen molar-refractivity contribution in [3.05, 3.63) is 51.6 Å². The second-order valence-corrected chi connectivity index (χ2v) is 6.15. The van der Waals surface area contributed by atoms with Crippen molar-refractivity contribution < 1.29 is 0 Å². The van der Waals surface area contributed by atoms with Gasteiger partial charge in [-0.05, 0) is 53.3 Å². The lowest BCUT2D eigenvalue weighted by atomic mass is 10.0. The van der Waals surface area contributed by atoms with Gasteiger partial charge in [-0.3, -0.25) is 0 Å². The third-order valence-corrected chi connectivity index (χ3v) is 4.09. The molecule has 1 unspecified atom stereocenters. The summed E-state index contributed by atoms with van der Waals surface area (Å²) in [4.78, 5) is 4.52. The molecular formula is C16H22IN3. The predicted molar refractivity (Wildman–Crippen MR) is 91.8 cm³/mol. The molecule has 2 rings (SSSR count). The lowest BCUT2D eigenvalue weighted by Gasteiger charge is -2.19. The zero-order valence-electron chi connectivity index (χ0n) is 12.1. The summed E-state index contributed by atoms with van der Waals surface area (Å²) in [6.45, 7) is 6.36. The van der Waals surface area contributed by atoms with Crippen molar-refractivity contribution in [3.63, 3.8) is 0 Å². The molecule has 108 valence electrons. The van der Waals surface area contributed by atoms with Crippen molar-refractivity contribution in [2.45, 2.75) is 39.3 Å². The lowest BCUT2D eigenvalue weighted by Crippen LogP contribution is -2.24. The quantitative estimate of drug-likeness (QED) is 0.738. The van der Waals surface area contributed by atoms with E-state index < -0.39 is 0 Å². The van der Waals surface area contributed by atoms with E-state index in [1.165, 1.54) is 9.13 Å². The number of likely N-dealkylation sites (N-methyl/N-ethyl adjacent to an activating group) is 1. The van der Waals surface area contributed by atoms with Crippen LogP contribution in [0.15, 0.2) is 36.7 Å². The van der Waals surface area contributed by atoms with Crippen molar-refractivity contribution in [2.24, 2.45) is 0 Å². The molecule has 3 nitrogen and oxygen atoms in total. The summed E-state index contributed by atoms with van der Waals surface area (Å²) in [5, 5.41) is 3.57. The molecule has 1 atom stereocenters. The van der Waals surface area contributed by atoms with Gasteiger partial charge < -0.3 is 9.88 Å². The minimum atomic E-state index is 0.329. The van der Waals surface area contributed by atoms with E-state index in [-0.39, 0.29) is 0 Å². The highest BCUT2D eigenvalue weighted by atomic mass is 127. The first-order valence-electron chi connectivity index (χ1n) is 7.23. The molecule has 1 aromatic heterocycles. The molecule has 1 aromatic carbocycles. The molecule has 0 radical (unpaired) electrons. The Morgan fingerprint density at radius 3 is 2.65 bits per heavy atom. The highest BCUT2D eigenvalue weighted by molar-refractivity contribution is 14.1. The zero-order valence-corrected chi connectivity index (χ0v) is 14.3. The normalized spacial score (nSPS) is 12.6. The fraction of sp³-hybridized carbons (Fsp3) is 0.438. The van der Waals surface area contributed by atoms with Crippen molar-refractivity contribution >= 4 is 22.6 Å². The van der Waals surface area contributed by atoms with E-state index in [0.717, 1.165) is 31.8 Å². The molecule has 0 amide bonds. The Hall–Kier alpha value is -0.880. The summed E-state index contributed by atoms with van der Waals surface area (Å²) in [5.41, 5.74) is 1.33. The number of imidazole rings is 1. The topological polar surface area (TPSA) is 29.9 Å². The van der Waals surface area contributed by atoms with Gasteiger partial charge in [-0.1, -0.05) is 26.0 Å². The summed E-state index contributed by atoms with van der Waals surface area (Å²) < 4.78 is 3.53. The van der Waals surface area contributed by atoms with Crippen molar-refractivity contribution in [1.29, 1.82) is 0 Å². The van der Waals surface area contributed by atoms with Crippen molar-refractivity contribution in [2.75, 3.05) is 6.54 Å². The largest absolute Gasteiger partial charge is 0.335 e. The maximum atomic E-state index is 4.52. The van der Waals surface area contributed by atoms with Crippen molar-refractivity contribution in [1.82, 2.24) is 14.9 Å². The van der Waals surface area contributed by atoms with Crippen LogP contribution in [0.25, 0.3) is 0 Å². The lowest BCUT2D eigenvalue weighted by molar-refractivity contribution is 0.516. The van der Waals surface area contributed by atoms with Crippen molar-refractivity contribution in [3.8, 4) is 0 Å². The molecule has 0 saturated carbocycles. The van der Waals surface area contributed by atoms with E-state index in [9.17, 15) is 0 Å². The van der Waals surface area contributed by atoms with Gasteiger partial charge in [0, 0.05) is 35.0 Å². The number of benzene rings is 1. The molecule has 4 heteroatoms. The van der Waals surface area contributed by atoms with Gasteiger partial charge >= 0.3 is 0 Å². The van der Waals surface area contributed by atoms with Crippen LogP contribution in [-0.2, 0) is 13.0 Å². The summed E-state index contributed by atoms with van der Waals surface area (Å²) >= 11 is 2.34. The maximum absolute atomic E-state index is 4.52. The average molecular weight is 383 g/mol. The second kappa shape index (κ2) is 7.78. The van der Waals surface area contributed by atoms with E-state index in [1.54, 1.807) is 0 Å². The molecule has 0 aliphatic heterocycles. The van der Waals surface area contributed by atoms with E-state index in [2.05, 4.69) is 81.8 Å². The minimum absolute atomic E-state index is 0.329.